The van der Waals surface area contributed by atoms with Crippen LogP contribution in [0.5, 0.6) is 0 Å². The van der Waals surface area contributed by atoms with Gasteiger partial charge in [0.1, 0.15) is 0 Å². The average molecular weight is 311 g/mol. The van der Waals surface area contributed by atoms with Crippen molar-refractivity contribution in [2.45, 2.75) is 19.8 Å². The number of aryl methyl sites for hydroxylation is 1. The van der Waals surface area contributed by atoms with Crippen molar-refractivity contribution in [3.8, 4) is 0 Å². The van der Waals surface area contributed by atoms with Crippen LogP contribution in [-0.4, -0.2) is 25.5 Å². The van der Waals surface area contributed by atoms with Gasteiger partial charge in [-0.15, -0.1) is 0 Å². The van der Waals surface area contributed by atoms with Crippen molar-refractivity contribution in [1.82, 2.24) is 10.6 Å². The molecule has 1 heterocycles. The van der Waals surface area contributed by atoms with Gasteiger partial charge >= 0.3 is 0 Å². The average Bonchev–Trinajstić information content (AvgIpc) is 2.37. The monoisotopic (exact) mass is 310 g/mol. The van der Waals surface area contributed by atoms with Crippen molar-refractivity contribution in [2.75, 3.05) is 19.6 Å². The second kappa shape index (κ2) is 6.34. The normalized spacial score (nSPS) is 16.6. The van der Waals surface area contributed by atoms with Gasteiger partial charge in [-0.3, -0.25) is 4.79 Å². The Morgan fingerprint density at radius 3 is 2.83 bits per heavy atom. The predicted octanol–water partition coefficient (Wildman–Crippen LogP) is 2.49. The van der Waals surface area contributed by atoms with E-state index in [0.717, 1.165) is 48.1 Å². The zero-order valence-corrected chi connectivity index (χ0v) is 12.2. The second-order valence-electron chi connectivity index (χ2n) is 4.89. The zero-order chi connectivity index (χ0) is 13.0. The lowest BCUT2D eigenvalue weighted by Crippen LogP contribution is -2.36. The molecule has 3 nitrogen and oxygen atoms in total. The Morgan fingerprint density at radius 2 is 2.17 bits per heavy atom. The maximum atomic E-state index is 12.1. The Bertz CT molecular complexity index is 428. The molecule has 0 radical (unpaired) electrons. The van der Waals surface area contributed by atoms with Crippen molar-refractivity contribution in [3.63, 3.8) is 0 Å². The third kappa shape index (κ3) is 3.56. The third-order valence-electron chi connectivity index (χ3n) is 3.38. The summed E-state index contributed by atoms with van der Waals surface area (Å²) in [6, 6.07) is 5.81. The largest absolute Gasteiger partial charge is 0.352 e. The van der Waals surface area contributed by atoms with Crippen LogP contribution >= 0.6 is 15.9 Å². The lowest BCUT2D eigenvalue weighted by Gasteiger charge is -2.22. The molecule has 98 valence electrons. The number of piperidine rings is 1. The number of benzene rings is 1. The van der Waals surface area contributed by atoms with Crippen LogP contribution in [0.15, 0.2) is 22.7 Å². The minimum atomic E-state index is 0.0143. The minimum Gasteiger partial charge on any atom is -0.352 e. The molecular formula is C14H19BrN2O. The second-order valence-corrected chi connectivity index (χ2v) is 5.74. The highest BCUT2D eigenvalue weighted by molar-refractivity contribution is 9.10. The van der Waals surface area contributed by atoms with Crippen LogP contribution in [-0.2, 0) is 0 Å². The molecule has 1 fully saturated rings. The molecule has 4 heteroatoms. The molecule has 2 rings (SSSR count). The number of nitrogens with one attached hydrogen (secondary N) is 2. The van der Waals surface area contributed by atoms with E-state index in [-0.39, 0.29) is 5.91 Å². The Morgan fingerprint density at radius 1 is 1.44 bits per heavy atom. The van der Waals surface area contributed by atoms with Crippen LogP contribution in [0, 0.1) is 12.8 Å². The van der Waals surface area contributed by atoms with Gasteiger partial charge in [0.2, 0.25) is 0 Å². The van der Waals surface area contributed by atoms with E-state index in [1.807, 2.05) is 25.1 Å². The van der Waals surface area contributed by atoms with E-state index in [9.17, 15) is 4.79 Å². The maximum Gasteiger partial charge on any atom is 0.252 e. The van der Waals surface area contributed by atoms with Gasteiger partial charge in [-0.05, 0) is 72.4 Å². The fraction of sp³-hybridized carbons (Fsp3) is 0.500. The van der Waals surface area contributed by atoms with Crippen LogP contribution < -0.4 is 10.6 Å². The van der Waals surface area contributed by atoms with Crippen molar-refractivity contribution in [2.24, 2.45) is 5.92 Å². The molecule has 0 bridgehead atoms. The van der Waals surface area contributed by atoms with E-state index in [1.54, 1.807) is 0 Å². The molecule has 0 saturated carbocycles. The first-order valence-corrected chi connectivity index (χ1v) is 7.21. The number of amides is 1. The molecule has 0 aromatic heterocycles. The zero-order valence-electron chi connectivity index (χ0n) is 10.6. The molecule has 0 aliphatic carbocycles. The lowest BCUT2D eigenvalue weighted by atomic mass is 9.98. The topological polar surface area (TPSA) is 41.1 Å². The molecule has 1 aromatic rings. The van der Waals surface area contributed by atoms with Gasteiger partial charge in [0.05, 0.1) is 5.56 Å². The number of hydrogen-bond acceptors (Lipinski definition) is 2. The maximum absolute atomic E-state index is 12.1. The smallest absolute Gasteiger partial charge is 0.252 e. The number of halogens is 1. The van der Waals surface area contributed by atoms with E-state index in [1.165, 1.54) is 0 Å². The van der Waals surface area contributed by atoms with Crippen LogP contribution in [0.1, 0.15) is 28.8 Å². The molecule has 1 amide bonds. The quantitative estimate of drug-likeness (QED) is 0.900. The van der Waals surface area contributed by atoms with Gasteiger partial charge in [-0.25, -0.2) is 0 Å². The standard InChI is InChI=1S/C14H19BrN2O/c1-10-2-3-12(13(15)8-10)14(18)17-9-11-4-6-16-7-5-11/h2-3,8,11,16H,4-7,9H2,1H3,(H,17,18). The Hall–Kier alpha value is -0.870. The van der Waals surface area contributed by atoms with Crippen molar-refractivity contribution >= 4 is 21.8 Å². The van der Waals surface area contributed by atoms with Crippen molar-refractivity contribution < 1.29 is 4.79 Å². The Kier molecular flexibility index (Phi) is 4.78. The number of hydrogen-bond donors (Lipinski definition) is 2. The van der Waals surface area contributed by atoms with E-state index in [2.05, 4.69) is 26.6 Å². The van der Waals surface area contributed by atoms with Crippen LogP contribution in [0.2, 0.25) is 0 Å². The third-order valence-corrected chi connectivity index (χ3v) is 4.04. The fourth-order valence-electron chi connectivity index (χ4n) is 2.22. The van der Waals surface area contributed by atoms with E-state index < -0.39 is 0 Å². The summed E-state index contributed by atoms with van der Waals surface area (Å²) in [5.74, 6) is 0.625. The number of rotatable bonds is 3. The summed E-state index contributed by atoms with van der Waals surface area (Å²) in [7, 11) is 0. The SMILES string of the molecule is Cc1ccc(C(=O)NCC2CCNCC2)c(Br)c1. The summed E-state index contributed by atoms with van der Waals surface area (Å²) < 4.78 is 0.866. The first kappa shape index (κ1) is 13.6. The van der Waals surface area contributed by atoms with Gasteiger partial charge < -0.3 is 10.6 Å². The van der Waals surface area contributed by atoms with E-state index >= 15 is 0 Å². The number of carbonyl (C=O) groups is 1. The van der Waals surface area contributed by atoms with Gasteiger partial charge in [0.15, 0.2) is 0 Å². The molecule has 1 aliphatic heterocycles. The molecule has 1 saturated heterocycles. The van der Waals surface area contributed by atoms with Gasteiger partial charge in [-0.2, -0.15) is 0 Å². The Balaban J connectivity index is 1.90. The first-order chi connectivity index (χ1) is 8.66. The van der Waals surface area contributed by atoms with E-state index in [4.69, 9.17) is 0 Å². The van der Waals surface area contributed by atoms with Crippen LogP contribution in [0.25, 0.3) is 0 Å². The van der Waals surface area contributed by atoms with Crippen molar-refractivity contribution in [1.29, 1.82) is 0 Å². The number of carbonyl (C=O) groups excluding carboxylic acids is 1. The summed E-state index contributed by atoms with van der Waals surface area (Å²) in [5, 5.41) is 6.36. The summed E-state index contributed by atoms with van der Waals surface area (Å²) in [5.41, 5.74) is 1.87. The highest BCUT2D eigenvalue weighted by Gasteiger charge is 2.15. The minimum absolute atomic E-state index is 0.0143. The summed E-state index contributed by atoms with van der Waals surface area (Å²) in [6.07, 6.45) is 2.30. The molecule has 1 aromatic carbocycles. The Labute approximate surface area is 116 Å². The van der Waals surface area contributed by atoms with E-state index in [0.29, 0.717) is 5.92 Å². The fourth-order valence-corrected chi connectivity index (χ4v) is 2.90. The molecule has 1 aliphatic rings. The van der Waals surface area contributed by atoms with Crippen molar-refractivity contribution in [3.05, 3.63) is 33.8 Å². The molecule has 18 heavy (non-hydrogen) atoms. The lowest BCUT2D eigenvalue weighted by molar-refractivity contribution is 0.0943. The molecule has 2 N–H and O–H groups in total. The molecule has 0 unspecified atom stereocenters. The molecule has 0 spiro atoms. The van der Waals surface area contributed by atoms with Gasteiger partial charge in [0.25, 0.3) is 5.91 Å². The molecular weight excluding hydrogens is 292 g/mol. The highest BCUT2D eigenvalue weighted by Crippen LogP contribution is 2.18. The molecule has 0 atom stereocenters. The summed E-state index contributed by atoms with van der Waals surface area (Å²) in [4.78, 5) is 12.1. The predicted molar refractivity (Wildman–Crippen MR) is 76.8 cm³/mol. The highest BCUT2D eigenvalue weighted by atomic mass is 79.9. The first-order valence-electron chi connectivity index (χ1n) is 6.42. The van der Waals surface area contributed by atoms with Gasteiger partial charge in [-0.1, -0.05) is 6.07 Å². The van der Waals surface area contributed by atoms with Crippen LogP contribution in [0.3, 0.4) is 0 Å². The van der Waals surface area contributed by atoms with Crippen LogP contribution in [0.4, 0.5) is 0 Å². The summed E-state index contributed by atoms with van der Waals surface area (Å²) in [6.45, 7) is 4.92. The summed E-state index contributed by atoms with van der Waals surface area (Å²) >= 11 is 3.44. The van der Waals surface area contributed by atoms with Gasteiger partial charge in [0, 0.05) is 11.0 Å².